The summed E-state index contributed by atoms with van der Waals surface area (Å²) < 4.78 is 26.8. The Labute approximate surface area is 288 Å². The molecule has 0 saturated carbocycles. The zero-order valence-electron chi connectivity index (χ0n) is 27.7. The number of benzene rings is 4. The highest BCUT2D eigenvalue weighted by Gasteiger charge is 2.21. The second-order valence-corrected chi connectivity index (χ2v) is 10.4. The maximum atomic E-state index is 13.6. The van der Waals surface area contributed by atoms with Crippen molar-refractivity contribution in [3.8, 4) is 23.0 Å². The van der Waals surface area contributed by atoms with Crippen molar-refractivity contribution in [1.82, 2.24) is 0 Å². The Bertz CT molecular complexity index is 1880. The lowest BCUT2D eigenvalue weighted by Crippen LogP contribution is -2.19. The van der Waals surface area contributed by atoms with Crippen LogP contribution in [0.4, 0.5) is 22.7 Å². The molecule has 50 heavy (non-hydrogen) atoms. The molecule has 4 rings (SSSR count). The Hall–Kier alpha value is -6.32. The van der Waals surface area contributed by atoms with Gasteiger partial charge in [-0.05, 0) is 72.8 Å². The van der Waals surface area contributed by atoms with Crippen LogP contribution in [-0.2, 0) is 4.74 Å². The first-order chi connectivity index (χ1) is 24.1. The maximum absolute atomic E-state index is 13.6. The van der Waals surface area contributed by atoms with Gasteiger partial charge in [-0.15, -0.1) is 0 Å². The van der Waals surface area contributed by atoms with E-state index in [0.717, 1.165) is 0 Å². The normalized spacial score (nSPS) is 10.4. The molecule has 0 spiro atoms. The molecule has 0 saturated heterocycles. The van der Waals surface area contributed by atoms with Crippen LogP contribution in [0.5, 0.6) is 23.0 Å². The monoisotopic (exact) mass is 686 g/mol. The summed E-state index contributed by atoms with van der Waals surface area (Å²) in [6.45, 7) is 0.715. The largest absolute Gasteiger partial charge is 0.496 e. The third-order valence-corrected chi connectivity index (χ3v) is 7.05. The Kier molecular flexibility index (Phi) is 12.6. The van der Waals surface area contributed by atoms with Gasteiger partial charge in [-0.1, -0.05) is 0 Å². The van der Waals surface area contributed by atoms with Crippen molar-refractivity contribution >= 4 is 46.4 Å². The van der Waals surface area contributed by atoms with Gasteiger partial charge in [-0.3, -0.25) is 14.4 Å². The number of esters is 1. The molecule has 3 amide bonds. The average Bonchev–Trinajstić information content (AvgIpc) is 3.13. The fourth-order valence-corrected chi connectivity index (χ4v) is 4.71. The van der Waals surface area contributed by atoms with Gasteiger partial charge in [-0.2, -0.15) is 0 Å². The van der Waals surface area contributed by atoms with Crippen molar-refractivity contribution in [1.29, 1.82) is 0 Å². The minimum Gasteiger partial charge on any atom is -0.496 e. The molecule has 0 radical (unpaired) electrons. The van der Waals surface area contributed by atoms with Gasteiger partial charge in [0.1, 0.15) is 41.8 Å². The number of ether oxygens (including phenoxy) is 5. The van der Waals surface area contributed by atoms with E-state index in [1.54, 1.807) is 30.3 Å². The molecular formula is C35H38N6O9. The molecule has 262 valence electrons. The summed E-state index contributed by atoms with van der Waals surface area (Å²) in [6, 6.07) is 18.1. The predicted molar refractivity (Wildman–Crippen MR) is 188 cm³/mol. The molecule has 0 aliphatic rings. The lowest BCUT2D eigenvalue weighted by atomic mass is 10.1. The van der Waals surface area contributed by atoms with Gasteiger partial charge in [0.25, 0.3) is 17.7 Å². The van der Waals surface area contributed by atoms with Crippen LogP contribution in [0.2, 0.25) is 0 Å². The predicted octanol–water partition coefficient (Wildman–Crippen LogP) is 3.50. The van der Waals surface area contributed by atoms with Crippen LogP contribution < -0.4 is 52.1 Å². The molecule has 9 N–H and O–H groups in total. The minimum absolute atomic E-state index is 0.0740. The number of methoxy groups -OCH3 is 3. The Morgan fingerprint density at radius 1 is 0.540 bits per heavy atom. The van der Waals surface area contributed by atoms with Crippen molar-refractivity contribution in [2.24, 2.45) is 11.5 Å². The topological polar surface area (TPSA) is 229 Å². The van der Waals surface area contributed by atoms with Crippen LogP contribution in [0, 0.1) is 0 Å². The minimum atomic E-state index is -0.668. The highest BCUT2D eigenvalue weighted by molar-refractivity contribution is 6.11. The molecule has 0 heterocycles. The van der Waals surface area contributed by atoms with Crippen molar-refractivity contribution in [3.63, 3.8) is 0 Å². The number of rotatable bonds is 15. The highest BCUT2D eigenvalue weighted by Crippen LogP contribution is 2.30. The van der Waals surface area contributed by atoms with E-state index in [1.807, 2.05) is 0 Å². The molecule has 0 aromatic heterocycles. The van der Waals surface area contributed by atoms with Gasteiger partial charge in [0.15, 0.2) is 0 Å². The summed E-state index contributed by atoms with van der Waals surface area (Å²) in [4.78, 5) is 52.6. The van der Waals surface area contributed by atoms with Crippen molar-refractivity contribution in [2.45, 2.75) is 0 Å². The number of amides is 3. The molecule has 15 heteroatoms. The third-order valence-electron chi connectivity index (χ3n) is 7.05. The summed E-state index contributed by atoms with van der Waals surface area (Å²) in [5.41, 5.74) is 18.6. The lowest BCUT2D eigenvalue weighted by Gasteiger charge is -2.16. The summed E-state index contributed by atoms with van der Waals surface area (Å²) in [7, 11) is 4.05. The Morgan fingerprint density at radius 2 is 0.920 bits per heavy atom. The lowest BCUT2D eigenvalue weighted by molar-refractivity contribution is 0.0595. The van der Waals surface area contributed by atoms with Gasteiger partial charge < -0.3 is 56.8 Å². The summed E-state index contributed by atoms with van der Waals surface area (Å²) in [6.07, 6.45) is 0. The number of hydrogen-bond acceptors (Lipinski definition) is 12. The molecule has 4 aromatic carbocycles. The number of carbonyl (C=O) groups excluding carboxylic acids is 4. The van der Waals surface area contributed by atoms with Gasteiger partial charge >= 0.3 is 5.97 Å². The second kappa shape index (κ2) is 17.2. The van der Waals surface area contributed by atoms with E-state index in [-0.39, 0.29) is 82.9 Å². The number of nitrogen functional groups attached to an aromatic ring is 1. The molecule has 15 nitrogen and oxygen atoms in total. The molecule has 0 atom stereocenters. The van der Waals surface area contributed by atoms with E-state index in [0.29, 0.717) is 11.4 Å². The SMILES string of the molecule is COC(=O)c1cc(NC(=O)c2cc(NC(=O)c3cc(NC(=O)c4cc(N)ccc4OC)ccc3OCCN)ccc2OC)ccc1OCCN. The van der Waals surface area contributed by atoms with E-state index >= 15 is 0 Å². The van der Waals surface area contributed by atoms with Crippen LogP contribution in [-0.4, -0.2) is 71.3 Å². The second-order valence-electron chi connectivity index (χ2n) is 10.4. The molecular weight excluding hydrogens is 648 g/mol. The number of carbonyl (C=O) groups is 4. The number of nitrogens with one attached hydrogen (secondary N) is 3. The smallest absolute Gasteiger partial charge is 0.341 e. The van der Waals surface area contributed by atoms with Gasteiger partial charge in [-0.25, -0.2) is 4.79 Å². The quantitative estimate of drug-likeness (QED) is 0.0780. The van der Waals surface area contributed by atoms with Gasteiger partial charge in [0, 0.05) is 35.8 Å². The molecule has 4 aromatic rings. The molecule has 0 unspecified atom stereocenters. The number of anilines is 4. The van der Waals surface area contributed by atoms with Crippen LogP contribution in [0.1, 0.15) is 41.4 Å². The van der Waals surface area contributed by atoms with Crippen molar-refractivity contribution in [2.75, 3.05) is 69.3 Å². The Balaban J connectivity index is 1.59. The highest BCUT2D eigenvalue weighted by atomic mass is 16.5. The fraction of sp³-hybridized carbons (Fsp3) is 0.200. The van der Waals surface area contributed by atoms with E-state index < -0.39 is 23.7 Å². The van der Waals surface area contributed by atoms with E-state index in [9.17, 15) is 19.2 Å². The van der Waals surface area contributed by atoms with E-state index in [2.05, 4.69) is 16.0 Å². The molecule has 0 bridgehead atoms. The first kappa shape index (κ1) is 36.5. The molecule has 0 aliphatic carbocycles. The van der Waals surface area contributed by atoms with E-state index in [1.165, 1.54) is 63.8 Å². The summed E-state index contributed by atoms with van der Waals surface area (Å²) >= 11 is 0. The average molecular weight is 687 g/mol. The van der Waals surface area contributed by atoms with Crippen LogP contribution >= 0.6 is 0 Å². The number of hydrogen-bond donors (Lipinski definition) is 6. The van der Waals surface area contributed by atoms with Crippen LogP contribution in [0.3, 0.4) is 0 Å². The van der Waals surface area contributed by atoms with Crippen LogP contribution in [0.15, 0.2) is 72.8 Å². The third kappa shape index (κ3) is 8.97. The first-order valence-corrected chi connectivity index (χ1v) is 15.2. The fourth-order valence-electron chi connectivity index (χ4n) is 4.71. The molecule has 0 fully saturated rings. The van der Waals surface area contributed by atoms with Gasteiger partial charge in [0.2, 0.25) is 0 Å². The number of nitrogens with two attached hydrogens (primary N) is 3. The summed E-state index contributed by atoms with van der Waals surface area (Å²) in [5.74, 6) is -1.42. The zero-order valence-corrected chi connectivity index (χ0v) is 27.7. The van der Waals surface area contributed by atoms with Crippen molar-refractivity contribution < 1.29 is 42.9 Å². The zero-order chi connectivity index (χ0) is 36.2. The summed E-state index contributed by atoms with van der Waals surface area (Å²) in [5, 5.41) is 8.23. The maximum Gasteiger partial charge on any atom is 0.341 e. The van der Waals surface area contributed by atoms with Gasteiger partial charge in [0.05, 0.1) is 38.0 Å². The Morgan fingerprint density at radius 3 is 1.36 bits per heavy atom. The van der Waals surface area contributed by atoms with Crippen molar-refractivity contribution in [3.05, 3.63) is 95.1 Å². The first-order valence-electron chi connectivity index (χ1n) is 15.2. The standard InChI is InChI=1S/C35H38N6O9/c1-46-28-8-4-20(38)16-24(28)32(42)39-22-6-10-30(49-14-12-36)26(18-22)34(44)40-21-5-9-29(47-2)25(17-21)33(43)41-23-7-11-31(50-15-13-37)27(19-23)35(45)48-3/h4-11,16-19H,12-15,36-38H2,1-3H3,(H,39,42)(H,40,44)(H,41,43). The van der Waals surface area contributed by atoms with E-state index in [4.69, 9.17) is 40.9 Å². The molecule has 0 aliphatic heterocycles. The van der Waals surface area contributed by atoms with Crippen LogP contribution in [0.25, 0.3) is 0 Å².